The van der Waals surface area contributed by atoms with Crippen LogP contribution in [0.1, 0.15) is 26.3 Å². The maximum atomic E-state index is 13.0. The molecule has 0 aromatic heterocycles. The zero-order chi connectivity index (χ0) is 22.1. The van der Waals surface area contributed by atoms with Crippen molar-refractivity contribution in [3.63, 3.8) is 0 Å². The van der Waals surface area contributed by atoms with Crippen LogP contribution in [0.2, 0.25) is 10.0 Å². The van der Waals surface area contributed by atoms with Crippen LogP contribution in [0.5, 0.6) is 0 Å². The Balaban J connectivity index is 1.72. The molecule has 0 saturated heterocycles. The molecule has 3 N–H and O–H groups in total. The van der Waals surface area contributed by atoms with Gasteiger partial charge in [0.1, 0.15) is 0 Å². The first-order valence-corrected chi connectivity index (χ1v) is 10.1. The second kappa shape index (κ2) is 8.64. The molecule has 31 heavy (non-hydrogen) atoms. The summed E-state index contributed by atoms with van der Waals surface area (Å²) in [6.07, 6.45) is 1.54. The minimum absolute atomic E-state index is 0.312. The molecule has 0 bridgehead atoms. The highest BCUT2D eigenvalue weighted by Gasteiger charge is 2.37. The Hall–Kier alpha value is -2.97. The van der Waals surface area contributed by atoms with Crippen molar-refractivity contribution in [3.8, 4) is 0 Å². The van der Waals surface area contributed by atoms with E-state index in [4.69, 9.17) is 23.2 Å². The van der Waals surface area contributed by atoms with Crippen molar-refractivity contribution in [3.05, 3.63) is 75.3 Å². The lowest BCUT2D eigenvalue weighted by molar-refractivity contribution is 0.0375. The van der Waals surface area contributed by atoms with E-state index in [0.717, 1.165) is 4.90 Å². The standard InChI is InChI=1S/C22H17Cl2N3O4/c23-13-5-4-12(18(24)8-13)9-25-26-19-7-6-17-20-15(19)2-1-3-16(20)21(30)27(22(17)31)14(10-28)11-29/h1-9,14,26,28-29H,10-11H2/b25-9+. The highest BCUT2D eigenvalue weighted by molar-refractivity contribution is 6.36. The second-order valence-electron chi connectivity index (χ2n) is 6.92. The van der Waals surface area contributed by atoms with E-state index in [2.05, 4.69) is 10.5 Å². The molecule has 1 heterocycles. The summed E-state index contributed by atoms with van der Waals surface area (Å²) in [7, 11) is 0. The lowest BCUT2D eigenvalue weighted by atomic mass is 9.92. The topological polar surface area (TPSA) is 102 Å². The van der Waals surface area contributed by atoms with Gasteiger partial charge in [0.25, 0.3) is 11.8 Å². The van der Waals surface area contributed by atoms with Crippen molar-refractivity contribution in [2.45, 2.75) is 6.04 Å². The van der Waals surface area contributed by atoms with E-state index in [1.165, 1.54) is 0 Å². The van der Waals surface area contributed by atoms with Crippen molar-refractivity contribution >= 4 is 57.7 Å². The normalized spacial score (nSPS) is 13.6. The van der Waals surface area contributed by atoms with Crippen LogP contribution < -0.4 is 5.43 Å². The molecule has 9 heteroatoms. The minimum Gasteiger partial charge on any atom is -0.394 e. The third-order valence-corrected chi connectivity index (χ3v) is 5.64. The number of halogens is 2. The highest BCUT2D eigenvalue weighted by Crippen LogP contribution is 2.35. The Labute approximate surface area is 187 Å². The SMILES string of the molecule is O=C1c2cccc3c(N/N=C/c4ccc(Cl)cc4Cl)ccc(c23)C(=O)N1C(CO)CO. The van der Waals surface area contributed by atoms with Gasteiger partial charge in [0, 0.05) is 32.5 Å². The predicted octanol–water partition coefficient (Wildman–Crippen LogP) is 3.54. The van der Waals surface area contributed by atoms with E-state index in [9.17, 15) is 19.8 Å². The molecule has 4 rings (SSSR count). The average Bonchev–Trinajstić information content (AvgIpc) is 2.77. The molecule has 1 aliphatic heterocycles. The first-order valence-electron chi connectivity index (χ1n) is 9.35. The molecule has 0 aliphatic carbocycles. The Morgan fingerprint density at radius 2 is 1.71 bits per heavy atom. The lowest BCUT2D eigenvalue weighted by Crippen LogP contribution is -2.50. The van der Waals surface area contributed by atoms with Gasteiger partial charge in [-0.1, -0.05) is 41.4 Å². The summed E-state index contributed by atoms with van der Waals surface area (Å²) in [4.78, 5) is 26.8. The molecule has 158 valence electrons. The number of carbonyl (C=O) groups is 2. The van der Waals surface area contributed by atoms with Crippen LogP contribution in [0.25, 0.3) is 10.8 Å². The lowest BCUT2D eigenvalue weighted by Gasteiger charge is -2.32. The fraction of sp³-hybridized carbons (Fsp3) is 0.136. The number of carbonyl (C=O) groups excluding carboxylic acids is 2. The van der Waals surface area contributed by atoms with Gasteiger partial charge in [-0.05, 0) is 30.3 Å². The molecule has 0 radical (unpaired) electrons. The van der Waals surface area contributed by atoms with Gasteiger partial charge >= 0.3 is 0 Å². The van der Waals surface area contributed by atoms with Gasteiger partial charge in [-0.25, -0.2) is 0 Å². The smallest absolute Gasteiger partial charge is 0.261 e. The molecule has 0 unspecified atom stereocenters. The zero-order valence-corrected chi connectivity index (χ0v) is 17.6. The molecule has 1 aliphatic rings. The summed E-state index contributed by atoms with van der Waals surface area (Å²) in [5, 5.41) is 25.3. The predicted molar refractivity (Wildman–Crippen MR) is 120 cm³/mol. The Kier molecular flexibility index (Phi) is 5.93. The van der Waals surface area contributed by atoms with Crippen molar-refractivity contribution in [1.29, 1.82) is 0 Å². The summed E-state index contributed by atoms with van der Waals surface area (Å²) in [6, 6.07) is 12.4. The molecule has 7 nitrogen and oxygen atoms in total. The molecule has 0 fully saturated rings. The van der Waals surface area contributed by atoms with Crippen molar-refractivity contribution in [1.82, 2.24) is 4.90 Å². The molecule has 3 aromatic rings. The van der Waals surface area contributed by atoms with E-state index in [1.807, 2.05) is 0 Å². The van der Waals surface area contributed by atoms with Gasteiger partial charge in [0.15, 0.2) is 0 Å². The summed E-state index contributed by atoms with van der Waals surface area (Å²) in [6.45, 7) is -1.05. The van der Waals surface area contributed by atoms with Crippen LogP contribution in [0.3, 0.4) is 0 Å². The number of hydrazone groups is 1. The van der Waals surface area contributed by atoms with Crippen LogP contribution in [-0.2, 0) is 0 Å². The molecular weight excluding hydrogens is 441 g/mol. The number of benzene rings is 3. The van der Waals surface area contributed by atoms with Gasteiger partial charge in [-0.15, -0.1) is 0 Å². The minimum atomic E-state index is -1.00. The Morgan fingerprint density at radius 1 is 1.00 bits per heavy atom. The number of nitrogens with zero attached hydrogens (tertiary/aromatic N) is 2. The quantitative estimate of drug-likeness (QED) is 0.298. The Morgan fingerprint density at radius 3 is 2.39 bits per heavy atom. The number of aliphatic hydroxyl groups is 2. The molecule has 0 saturated carbocycles. The van der Waals surface area contributed by atoms with Gasteiger partial charge < -0.3 is 10.2 Å². The third-order valence-electron chi connectivity index (χ3n) is 5.08. The number of aliphatic hydroxyl groups excluding tert-OH is 2. The van der Waals surface area contributed by atoms with E-state index in [1.54, 1.807) is 54.7 Å². The summed E-state index contributed by atoms with van der Waals surface area (Å²) in [5.74, 6) is -1.13. The Bertz CT molecular complexity index is 1200. The van der Waals surface area contributed by atoms with Crippen molar-refractivity contribution in [2.75, 3.05) is 18.6 Å². The van der Waals surface area contributed by atoms with E-state index < -0.39 is 31.1 Å². The van der Waals surface area contributed by atoms with Gasteiger partial charge in [0.2, 0.25) is 0 Å². The average molecular weight is 458 g/mol. The number of amides is 2. The first kappa shape index (κ1) is 21.3. The van der Waals surface area contributed by atoms with Gasteiger partial charge in [0.05, 0.1) is 36.2 Å². The van der Waals surface area contributed by atoms with Gasteiger partial charge in [-0.2, -0.15) is 5.10 Å². The second-order valence-corrected chi connectivity index (χ2v) is 7.77. The third kappa shape index (κ3) is 3.77. The van der Waals surface area contributed by atoms with E-state index in [0.29, 0.717) is 43.2 Å². The van der Waals surface area contributed by atoms with Crippen LogP contribution in [0.15, 0.2) is 53.6 Å². The number of rotatable bonds is 6. The molecule has 2 amide bonds. The molecular formula is C22H17Cl2N3O4. The fourth-order valence-corrected chi connectivity index (χ4v) is 4.00. The number of hydrogen-bond acceptors (Lipinski definition) is 6. The number of nitrogens with one attached hydrogen (secondary N) is 1. The fourth-order valence-electron chi connectivity index (χ4n) is 3.54. The largest absolute Gasteiger partial charge is 0.394 e. The molecule has 0 spiro atoms. The van der Waals surface area contributed by atoms with Crippen LogP contribution in [-0.4, -0.2) is 52.4 Å². The van der Waals surface area contributed by atoms with Crippen LogP contribution in [0, 0.1) is 0 Å². The van der Waals surface area contributed by atoms with Crippen LogP contribution >= 0.6 is 23.2 Å². The van der Waals surface area contributed by atoms with Crippen LogP contribution in [0.4, 0.5) is 5.69 Å². The molecule has 0 atom stereocenters. The maximum Gasteiger partial charge on any atom is 0.261 e. The highest BCUT2D eigenvalue weighted by atomic mass is 35.5. The van der Waals surface area contributed by atoms with E-state index in [-0.39, 0.29) is 0 Å². The zero-order valence-electron chi connectivity index (χ0n) is 16.0. The number of anilines is 1. The summed E-state index contributed by atoms with van der Waals surface area (Å²) >= 11 is 12.1. The van der Waals surface area contributed by atoms with Crippen molar-refractivity contribution in [2.24, 2.45) is 5.10 Å². The summed E-state index contributed by atoms with van der Waals surface area (Å²) in [5.41, 5.74) is 4.82. The molecule has 3 aromatic carbocycles. The van der Waals surface area contributed by atoms with Gasteiger partial charge in [-0.3, -0.25) is 19.9 Å². The summed E-state index contributed by atoms with van der Waals surface area (Å²) < 4.78 is 0. The first-order chi connectivity index (χ1) is 15.0. The maximum absolute atomic E-state index is 13.0. The van der Waals surface area contributed by atoms with E-state index >= 15 is 0 Å². The van der Waals surface area contributed by atoms with Crippen molar-refractivity contribution < 1.29 is 19.8 Å². The monoisotopic (exact) mass is 457 g/mol. The number of hydrogen-bond donors (Lipinski definition) is 3. The number of imide groups is 1.